The molecule has 1 fully saturated rings. The summed E-state index contributed by atoms with van der Waals surface area (Å²) in [5.74, 6) is 2.71. The third kappa shape index (κ3) is 4.71. The zero-order valence-corrected chi connectivity index (χ0v) is 17.3. The molecule has 1 N–H and O–H groups in total. The van der Waals surface area contributed by atoms with E-state index in [9.17, 15) is 0 Å². The molecule has 1 aromatic carbocycles. The minimum absolute atomic E-state index is 0.199. The fraction of sp³-hybridized carbons (Fsp3) is 0.435. The standard InChI is InChI=1S/C23H30N6/c1-18(21-10-6-7-13-25-21)28(2)17-23-27-26-22(16-19-11-14-24-15-12-19)29(23)20-8-4-3-5-9-20/h3-10,13,18-19,24H,11-12,14-17H2,1-2H3. The first-order valence-corrected chi connectivity index (χ1v) is 10.5. The number of para-hydroxylation sites is 1. The Kier molecular flexibility index (Phi) is 6.32. The van der Waals surface area contributed by atoms with Crippen LogP contribution in [0.2, 0.25) is 0 Å². The number of nitrogens with zero attached hydrogens (tertiary/aromatic N) is 5. The van der Waals surface area contributed by atoms with Gasteiger partial charge >= 0.3 is 0 Å². The first kappa shape index (κ1) is 19.7. The Balaban J connectivity index is 1.59. The minimum atomic E-state index is 0.199. The summed E-state index contributed by atoms with van der Waals surface area (Å²) in [6.45, 7) is 5.09. The van der Waals surface area contributed by atoms with Gasteiger partial charge in [0.25, 0.3) is 0 Å². The molecule has 1 unspecified atom stereocenters. The fourth-order valence-corrected chi connectivity index (χ4v) is 4.02. The first-order valence-electron chi connectivity index (χ1n) is 10.5. The van der Waals surface area contributed by atoms with E-state index in [1.807, 2.05) is 18.3 Å². The summed E-state index contributed by atoms with van der Waals surface area (Å²) in [7, 11) is 2.12. The summed E-state index contributed by atoms with van der Waals surface area (Å²) < 4.78 is 2.25. The van der Waals surface area contributed by atoms with Crippen LogP contribution in [-0.2, 0) is 13.0 Å². The lowest BCUT2D eigenvalue weighted by Crippen LogP contribution is -2.29. The van der Waals surface area contributed by atoms with Crippen LogP contribution in [0.15, 0.2) is 54.7 Å². The van der Waals surface area contributed by atoms with Crippen LogP contribution in [-0.4, -0.2) is 44.8 Å². The summed E-state index contributed by atoms with van der Waals surface area (Å²) >= 11 is 0. The third-order valence-electron chi connectivity index (χ3n) is 5.91. The third-order valence-corrected chi connectivity index (χ3v) is 5.91. The van der Waals surface area contributed by atoms with Crippen molar-refractivity contribution in [2.24, 2.45) is 5.92 Å². The van der Waals surface area contributed by atoms with Crippen molar-refractivity contribution in [1.82, 2.24) is 30.0 Å². The predicted octanol–water partition coefficient (Wildman–Crippen LogP) is 3.40. The second-order valence-electron chi connectivity index (χ2n) is 7.95. The highest BCUT2D eigenvalue weighted by Crippen LogP contribution is 2.23. The van der Waals surface area contributed by atoms with Gasteiger partial charge in [-0.3, -0.25) is 14.5 Å². The number of piperidine rings is 1. The molecule has 1 aliphatic rings. The smallest absolute Gasteiger partial charge is 0.151 e. The normalized spacial score (nSPS) is 16.2. The van der Waals surface area contributed by atoms with Gasteiger partial charge in [-0.05, 0) is 70.1 Å². The zero-order valence-electron chi connectivity index (χ0n) is 17.3. The van der Waals surface area contributed by atoms with E-state index in [1.165, 1.54) is 12.8 Å². The van der Waals surface area contributed by atoms with Crippen molar-refractivity contribution in [3.63, 3.8) is 0 Å². The number of pyridine rings is 1. The maximum Gasteiger partial charge on any atom is 0.151 e. The van der Waals surface area contributed by atoms with Crippen molar-refractivity contribution in [1.29, 1.82) is 0 Å². The van der Waals surface area contributed by atoms with E-state index < -0.39 is 0 Å². The summed E-state index contributed by atoms with van der Waals surface area (Å²) in [6, 6.07) is 16.8. The van der Waals surface area contributed by atoms with Crippen LogP contribution in [0.4, 0.5) is 0 Å². The van der Waals surface area contributed by atoms with Gasteiger partial charge in [0.15, 0.2) is 5.82 Å². The molecular weight excluding hydrogens is 360 g/mol. The largest absolute Gasteiger partial charge is 0.317 e. The summed E-state index contributed by atoms with van der Waals surface area (Å²) in [6.07, 6.45) is 5.23. The lowest BCUT2D eigenvalue weighted by molar-refractivity contribution is 0.241. The topological polar surface area (TPSA) is 58.9 Å². The van der Waals surface area contributed by atoms with E-state index in [-0.39, 0.29) is 6.04 Å². The predicted molar refractivity (Wildman–Crippen MR) is 115 cm³/mol. The Morgan fingerprint density at radius 3 is 2.48 bits per heavy atom. The number of hydrogen-bond acceptors (Lipinski definition) is 5. The van der Waals surface area contributed by atoms with E-state index >= 15 is 0 Å². The monoisotopic (exact) mass is 390 g/mol. The van der Waals surface area contributed by atoms with E-state index in [4.69, 9.17) is 0 Å². The van der Waals surface area contributed by atoms with E-state index in [2.05, 4.69) is 80.3 Å². The zero-order chi connectivity index (χ0) is 20.1. The Morgan fingerprint density at radius 2 is 1.76 bits per heavy atom. The number of aromatic nitrogens is 4. The van der Waals surface area contributed by atoms with Crippen LogP contribution in [0, 0.1) is 5.92 Å². The summed E-state index contributed by atoms with van der Waals surface area (Å²) in [5.41, 5.74) is 2.20. The van der Waals surface area contributed by atoms with Crippen LogP contribution >= 0.6 is 0 Å². The maximum atomic E-state index is 4.62. The highest BCUT2D eigenvalue weighted by Gasteiger charge is 2.22. The molecule has 2 aromatic heterocycles. The highest BCUT2D eigenvalue weighted by molar-refractivity contribution is 5.34. The van der Waals surface area contributed by atoms with Crippen molar-refractivity contribution < 1.29 is 0 Å². The molecule has 0 amide bonds. The van der Waals surface area contributed by atoms with Crippen molar-refractivity contribution in [3.05, 3.63) is 72.1 Å². The second kappa shape index (κ2) is 9.29. The van der Waals surface area contributed by atoms with Crippen molar-refractivity contribution in [2.45, 2.75) is 38.8 Å². The van der Waals surface area contributed by atoms with Gasteiger partial charge < -0.3 is 5.32 Å². The molecule has 0 spiro atoms. The summed E-state index contributed by atoms with van der Waals surface area (Å²) in [5, 5.41) is 12.7. The van der Waals surface area contributed by atoms with Gasteiger partial charge in [-0.15, -0.1) is 10.2 Å². The molecule has 6 nitrogen and oxygen atoms in total. The number of benzene rings is 1. The van der Waals surface area contributed by atoms with Gasteiger partial charge in [0.05, 0.1) is 12.2 Å². The van der Waals surface area contributed by atoms with Crippen molar-refractivity contribution in [3.8, 4) is 5.69 Å². The molecule has 1 atom stereocenters. The van der Waals surface area contributed by atoms with Gasteiger partial charge in [-0.2, -0.15) is 0 Å². The van der Waals surface area contributed by atoms with Crippen LogP contribution in [0.1, 0.15) is 43.1 Å². The van der Waals surface area contributed by atoms with Crippen LogP contribution < -0.4 is 5.32 Å². The van der Waals surface area contributed by atoms with Gasteiger partial charge in [0.2, 0.25) is 0 Å². The molecular formula is C23H30N6. The molecule has 6 heteroatoms. The number of nitrogens with one attached hydrogen (secondary N) is 1. The number of rotatable bonds is 7. The highest BCUT2D eigenvalue weighted by atomic mass is 15.3. The van der Waals surface area contributed by atoms with E-state index in [0.717, 1.165) is 42.5 Å². The molecule has 1 saturated heterocycles. The van der Waals surface area contributed by atoms with Gasteiger partial charge in [0.1, 0.15) is 5.82 Å². The molecule has 0 bridgehead atoms. The molecule has 0 saturated carbocycles. The Morgan fingerprint density at radius 1 is 1.03 bits per heavy atom. The summed E-state index contributed by atoms with van der Waals surface area (Å²) in [4.78, 5) is 6.79. The van der Waals surface area contributed by atoms with E-state index in [1.54, 1.807) is 0 Å². The second-order valence-corrected chi connectivity index (χ2v) is 7.95. The van der Waals surface area contributed by atoms with Crippen molar-refractivity contribution in [2.75, 3.05) is 20.1 Å². The SMILES string of the molecule is CC(c1ccccn1)N(C)Cc1nnc(CC2CCNCC2)n1-c1ccccc1. The van der Waals surface area contributed by atoms with Crippen LogP contribution in [0.5, 0.6) is 0 Å². The Labute approximate surface area is 173 Å². The average Bonchev–Trinajstić information content (AvgIpc) is 3.17. The first-order chi connectivity index (χ1) is 14.2. The molecule has 1 aliphatic heterocycles. The van der Waals surface area contributed by atoms with Crippen LogP contribution in [0.3, 0.4) is 0 Å². The fourth-order valence-electron chi connectivity index (χ4n) is 4.02. The molecule has 3 aromatic rings. The van der Waals surface area contributed by atoms with Gasteiger partial charge in [-0.25, -0.2) is 0 Å². The van der Waals surface area contributed by atoms with Gasteiger partial charge in [0, 0.05) is 24.3 Å². The lowest BCUT2D eigenvalue weighted by Gasteiger charge is -2.25. The Bertz CT molecular complexity index is 886. The average molecular weight is 391 g/mol. The molecule has 29 heavy (non-hydrogen) atoms. The molecule has 152 valence electrons. The number of hydrogen-bond donors (Lipinski definition) is 1. The molecule has 0 radical (unpaired) electrons. The molecule has 0 aliphatic carbocycles. The maximum absolute atomic E-state index is 4.62. The minimum Gasteiger partial charge on any atom is -0.317 e. The Hall–Kier alpha value is -2.57. The van der Waals surface area contributed by atoms with Crippen LogP contribution in [0.25, 0.3) is 5.69 Å². The molecule has 3 heterocycles. The van der Waals surface area contributed by atoms with Crippen molar-refractivity contribution >= 4 is 0 Å². The lowest BCUT2D eigenvalue weighted by atomic mass is 9.94. The van der Waals surface area contributed by atoms with E-state index in [0.29, 0.717) is 12.5 Å². The van der Waals surface area contributed by atoms with Gasteiger partial charge in [-0.1, -0.05) is 24.3 Å². The molecule has 4 rings (SSSR count). The quantitative estimate of drug-likeness (QED) is 0.670.